The van der Waals surface area contributed by atoms with Crippen LogP contribution in [0, 0.1) is 13.8 Å². The molecule has 0 radical (unpaired) electrons. The number of aromatic nitrogens is 3. The van der Waals surface area contributed by atoms with E-state index < -0.39 is 11.9 Å². The van der Waals surface area contributed by atoms with Gasteiger partial charge in [-0.05, 0) is 32.9 Å². The first-order valence-electron chi connectivity index (χ1n) is 8.59. The Balaban J connectivity index is 1.84. The minimum Gasteiger partial charge on any atom is -0.462 e. The molecule has 1 aromatic carbocycles. The first-order chi connectivity index (χ1) is 13.5. The average Bonchev–Trinajstić information content (AvgIpc) is 3.06. The van der Waals surface area contributed by atoms with Crippen LogP contribution in [0.3, 0.4) is 0 Å². The number of anilines is 3. The van der Waals surface area contributed by atoms with Crippen molar-refractivity contribution in [3.05, 3.63) is 59.2 Å². The van der Waals surface area contributed by atoms with Gasteiger partial charge in [0.05, 0.1) is 17.9 Å². The van der Waals surface area contributed by atoms with Crippen molar-refractivity contribution in [2.75, 3.05) is 17.2 Å². The summed E-state index contributed by atoms with van der Waals surface area (Å²) in [4.78, 5) is 33.0. The average molecular weight is 381 g/mol. The molecule has 2 N–H and O–H groups in total. The quantitative estimate of drug-likeness (QED) is 0.625. The first-order valence-corrected chi connectivity index (χ1v) is 8.59. The van der Waals surface area contributed by atoms with Crippen molar-refractivity contribution in [1.29, 1.82) is 0 Å². The monoisotopic (exact) mass is 381 g/mol. The first kappa shape index (κ1) is 19.0. The lowest BCUT2D eigenvalue weighted by molar-refractivity contribution is 0.0527. The van der Waals surface area contributed by atoms with Crippen molar-refractivity contribution in [1.82, 2.24) is 15.1 Å². The third-order valence-electron chi connectivity index (χ3n) is 3.63. The van der Waals surface area contributed by atoms with Crippen molar-refractivity contribution >= 4 is 29.2 Å². The Morgan fingerprint density at radius 2 is 1.89 bits per heavy atom. The number of aryl methyl sites for hydroxylation is 2. The zero-order valence-corrected chi connectivity index (χ0v) is 15.6. The zero-order valence-electron chi connectivity index (χ0n) is 15.6. The number of rotatable bonds is 6. The minimum absolute atomic E-state index is 0.143. The van der Waals surface area contributed by atoms with Gasteiger partial charge in [0, 0.05) is 12.1 Å². The molecule has 0 saturated carbocycles. The molecule has 9 heteroatoms. The summed E-state index contributed by atoms with van der Waals surface area (Å²) in [7, 11) is 0. The molecular weight excluding hydrogens is 362 g/mol. The van der Waals surface area contributed by atoms with Crippen LogP contribution < -0.4 is 10.6 Å². The van der Waals surface area contributed by atoms with Gasteiger partial charge in [-0.25, -0.2) is 14.8 Å². The lowest BCUT2D eigenvalue weighted by atomic mass is 10.2. The van der Waals surface area contributed by atoms with Gasteiger partial charge in [0.15, 0.2) is 5.82 Å². The smallest absolute Gasteiger partial charge is 0.340 e. The molecule has 0 aliphatic heterocycles. The SMILES string of the molecule is CCOC(=O)c1ccccc1Nc1cc(C(=O)Nc2cc(C)on2)nc(C)n1. The van der Waals surface area contributed by atoms with E-state index in [1.54, 1.807) is 51.1 Å². The number of nitrogens with one attached hydrogen (secondary N) is 2. The van der Waals surface area contributed by atoms with Gasteiger partial charge in [0.1, 0.15) is 23.1 Å². The Morgan fingerprint density at radius 3 is 2.61 bits per heavy atom. The third-order valence-corrected chi connectivity index (χ3v) is 3.63. The predicted octanol–water partition coefficient (Wildman–Crippen LogP) is 3.25. The Morgan fingerprint density at radius 1 is 1.11 bits per heavy atom. The number of carbonyl (C=O) groups is 2. The van der Waals surface area contributed by atoms with Crippen LogP contribution in [0.4, 0.5) is 17.3 Å². The second-order valence-corrected chi connectivity index (χ2v) is 5.85. The summed E-state index contributed by atoms with van der Waals surface area (Å²) in [5.41, 5.74) is 1.02. The molecule has 2 aromatic heterocycles. The van der Waals surface area contributed by atoms with E-state index in [1.165, 1.54) is 6.07 Å². The molecule has 0 spiro atoms. The van der Waals surface area contributed by atoms with Crippen molar-refractivity contribution < 1.29 is 18.8 Å². The number of benzene rings is 1. The molecule has 3 rings (SSSR count). The molecule has 0 unspecified atom stereocenters. The molecule has 0 fully saturated rings. The van der Waals surface area contributed by atoms with Gasteiger partial charge >= 0.3 is 5.97 Å². The zero-order chi connectivity index (χ0) is 20.1. The fourth-order valence-corrected chi connectivity index (χ4v) is 2.47. The van der Waals surface area contributed by atoms with Gasteiger partial charge in [-0.2, -0.15) is 0 Å². The number of hydrogen-bond donors (Lipinski definition) is 2. The van der Waals surface area contributed by atoms with Crippen LogP contribution >= 0.6 is 0 Å². The van der Waals surface area contributed by atoms with Gasteiger partial charge in [0.25, 0.3) is 5.91 Å². The molecule has 0 aliphatic carbocycles. The molecule has 2 heterocycles. The molecule has 28 heavy (non-hydrogen) atoms. The van der Waals surface area contributed by atoms with E-state index in [0.29, 0.717) is 34.5 Å². The summed E-state index contributed by atoms with van der Waals surface area (Å²) >= 11 is 0. The summed E-state index contributed by atoms with van der Waals surface area (Å²) < 4.78 is 10.00. The van der Waals surface area contributed by atoms with E-state index in [-0.39, 0.29) is 12.3 Å². The Kier molecular flexibility index (Phi) is 5.64. The lowest BCUT2D eigenvalue weighted by Gasteiger charge is -2.12. The second kappa shape index (κ2) is 8.30. The van der Waals surface area contributed by atoms with Gasteiger partial charge in [-0.3, -0.25) is 4.79 Å². The molecular formula is C19H19N5O4. The van der Waals surface area contributed by atoms with Gasteiger partial charge in [0.2, 0.25) is 0 Å². The number of ether oxygens (including phenoxy) is 1. The summed E-state index contributed by atoms with van der Waals surface area (Å²) in [5.74, 6) is 0.718. The molecule has 0 saturated heterocycles. The number of para-hydroxylation sites is 1. The Bertz CT molecular complexity index is 1020. The predicted molar refractivity (Wildman–Crippen MR) is 102 cm³/mol. The van der Waals surface area contributed by atoms with Crippen molar-refractivity contribution in [3.8, 4) is 0 Å². The maximum Gasteiger partial charge on any atom is 0.340 e. The maximum absolute atomic E-state index is 12.5. The summed E-state index contributed by atoms with van der Waals surface area (Å²) in [5, 5.41) is 9.38. The standard InChI is InChI=1S/C19H19N5O4/c1-4-27-19(26)13-7-5-6-8-14(13)22-16-10-15(20-12(3)21-16)18(25)23-17-9-11(2)28-24-17/h5-10H,4H2,1-3H3,(H,20,21,22)(H,23,24,25). The van der Waals surface area contributed by atoms with Gasteiger partial charge in [-0.1, -0.05) is 17.3 Å². The van der Waals surface area contributed by atoms with E-state index in [1.807, 2.05) is 0 Å². The maximum atomic E-state index is 12.5. The van der Waals surface area contributed by atoms with E-state index >= 15 is 0 Å². The molecule has 0 aliphatic rings. The normalized spacial score (nSPS) is 10.4. The number of carbonyl (C=O) groups excluding carboxylic acids is 2. The van der Waals surface area contributed by atoms with E-state index in [4.69, 9.17) is 9.26 Å². The summed E-state index contributed by atoms with van der Waals surface area (Å²) in [6.07, 6.45) is 0. The van der Waals surface area contributed by atoms with Crippen LogP contribution in [0.5, 0.6) is 0 Å². The van der Waals surface area contributed by atoms with Crippen LogP contribution in [0.2, 0.25) is 0 Å². The van der Waals surface area contributed by atoms with Crippen LogP contribution in [-0.2, 0) is 4.74 Å². The number of esters is 1. The highest BCUT2D eigenvalue weighted by molar-refractivity contribution is 6.03. The lowest BCUT2D eigenvalue weighted by Crippen LogP contribution is -2.16. The van der Waals surface area contributed by atoms with Crippen molar-refractivity contribution in [2.24, 2.45) is 0 Å². The van der Waals surface area contributed by atoms with Gasteiger partial charge in [-0.15, -0.1) is 0 Å². The van der Waals surface area contributed by atoms with Crippen LogP contribution in [0.25, 0.3) is 0 Å². The highest BCUT2D eigenvalue weighted by Gasteiger charge is 2.15. The second-order valence-electron chi connectivity index (χ2n) is 5.85. The summed E-state index contributed by atoms with van der Waals surface area (Å²) in [6.45, 7) is 5.40. The third kappa shape index (κ3) is 4.50. The number of nitrogens with zero attached hydrogens (tertiary/aromatic N) is 3. The highest BCUT2D eigenvalue weighted by Crippen LogP contribution is 2.21. The van der Waals surface area contributed by atoms with Crippen LogP contribution in [0.1, 0.15) is 39.4 Å². The molecule has 9 nitrogen and oxygen atoms in total. The van der Waals surface area contributed by atoms with Crippen molar-refractivity contribution in [3.63, 3.8) is 0 Å². The van der Waals surface area contributed by atoms with E-state index in [9.17, 15) is 9.59 Å². The summed E-state index contributed by atoms with van der Waals surface area (Å²) in [6, 6.07) is 9.97. The molecule has 144 valence electrons. The molecule has 0 atom stereocenters. The topological polar surface area (TPSA) is 119 Å². The fourth-order valence-electron chi connectivity index (χ4n) is 2.47. The van der Waals surface area contributed by atoms with Crippen LogP contribution in [0.15, 0.2) is 40.9 Å². The highest BCUT2D eigenvalue weighted by atomic mass is 16.5. The molecule has 1 amide bonds. The van der Waals surface area contributed by atoms with Crippen LogP contribution in [-0.4, -0.2) is 33.6 Å². The Hall–Kier alpha value is -3.75. The molecule has 3 aromatic rings. The minimum atomic E-state index is -0.458. The largest absolute Gasteiger partial charge is 0.462 e. The van der Waals surface area contributed by atoms with E-state index in [2.05, 4.69) is 25.8 Å². The molecule has 0 bridgehead atoms. The number of amides is 1. The Labute approximate surface area is 161 Å². The fraction of sp³-hybridized carbons (Fsp3) is 0.211. The van der Waals surface area contributed by atoms with Gasteiger partial charge < -0.3 is 19.9 Å². The van der Waals surface area contributed by atoms with E-state index in [0.717, 1.165) is 0 Å². The van der Waals surface area contributed by atoms with Crippen molar-refractivity contribution in [2.45, 2.75) is 20.8 Å². The number of hydrogen-bond acceptors (Lipinski definition) is 8.